The normalized spacial score (nSPS) is 15.8. The molecule has 1 aromatic rings. The van der Waals surface area contributed by atoms with Gasteiger partial charge in [0, 0.05) is 16.8 Å². The SMILES string of the molecule is CCOC(=O)c1c(C(C)C)nc(CC(C)C)c(C(C)O)c1C1=CCOCC1. The fourth-order valence-electron chi connectivity index (χ4n) is 3.58. The molecule has 0 spiro atoms. The predicted octanol–water partition coefficient (Wildman–Crippen LogP) is 4.44. The lowest BCUT2D eigenvalue weighted by Gasteiger charge is -2.26. The third-order valence-electron chi connectivity index (χ3n) is 4.67. The van der Waals surface area contributed by atoms with E-state index in [2.05, 4.69) is 13.8 Å². The monoisotopic (exact) mass is 375 g/mol. The number of hydrogen-bond donors (Lipinski definition) is 1. The van der Waals surface area contributed by atoms with Crippen LogP contribution in [0.25, 0.3) is 5.57 Å². The van der Waals surface area contributed by atoms with E-state index in [1.54, 1.807) is 13.8 Å². The maximum Gasteiger partial charge on any atom is 0.340 e. The van der Waals surface area contributed by atoms with E-state index in [4.69, 9.17) is 14.5 Å². The highest BCUT2D eigenvalue weighted by atomic mass is 16.5. The lowest BCUT2D eigenvalue weighted by atomic mass is 9.84. The fraction of sp³-hybridized carbons (Fsp3) is 0.636. The molecular formula is C22H33NO4. The number of carbonyl (C=O) groups excluding carboxylic acids is 1. The molecule has 0 radical (unpaired) electrons. The topological polar surface area (TPSA) is 68.7 Å². The van der Waals surface area contributed by atoms with Crippen LogP contribution in [-0.4, -0.2) is 35.9 Å². The Labute approximate surface area is 162 Å². The van der Waals surface area contributed by atoms with Crippen LogP contribution in [-0.2, 0) is 15.9 Å². The highest BCUT2D eigenvalue weighted by Gasteiger charge is 2.30. The van der Waals surface area contributed by atoms with Gasteiger partial charge in [-0.3, -0.25) is 4.98 Å². The second-order valence-corrected chi connectivity index (χ2v) is 7.81. The van der Waals surface area contributed by atoms with Crippen molar-refractivity contribution in [3.63, 3.8) is 0 Å². The summed E-state index contributed by atoms with van der Waals surface area (Å²) in [5.41, 5.74) is 4.72. The van der Waals surface area contributed by atoms with Gasteiger partial charge >= 0.3 is 5.97 Å². The summed E-state index contributed by atoms with van der Waals surface area (Å²) in [6, 6.07) is 0. The van der Waals surface area contributed by atoms with Gasteiger partial charge < -0.3 is 14.6 Å². The zero-order chi connectivity index (χ0) is 20.1. The van der Waals surface area contributed by atoms with Gasteiger partial charge in [0.1, 0.15) is 0 Å². The highest BCUT2D eigenvalue weighted by molar-refractivity contribution is 5.98. The van der Waals surface area contributed by atoms with E-state index in [1.165, 1.54) is 0 Å². The second-order valence-electron chi connectivity index (χ2n) is 7.81. The van der Waals surface area contributed by atoms with Crippen LogP contribution in [0, 0.1) is 5.92 Å². The van der Waals surface area contributed by atoms with E-state index in [9.17, 15) is 9.90 Å². The summed E-state index contributed by atoms with van der Waals surface area (Å²) in [4.78, 5) is 17.8. The molecule has 27 heavy (non-hydrogen) atoms. The number of aliphatic hydroxyl groups is 1. The molecule has 5 nitrogen and oxygen atoms in total. The van der Waals surface area contributed by atoms with E-state index >= 15 is 0 Å². The first-order valence-corrected chi connectivity index (χ1v) is 9.96. The average Bonchev–Trinajstić information content (AvgIpc) is 2.60. The molecule has 1 unspecified atom stereocenters. The van der Waals surface area contributed by atoms with Crippen LogP contribution >= 0.6 is 0 Å². The maximum absolute atomic E-state index is 12.9. The van der Waals surface area contributed by atoms with E-state index < -0.39 is 6.10 Å². The largest absolute Gasteiger partial charge is 0.462 e. The van der Waals surface area contributed by atoms with Crippen molar-refractivity contribution in [1.29, 1.82) is 0 Å². The van der Waals surface area contributed by atoms with Crippen molar-refractivity contribution in [2.24, 2.45) is 5.92 Å². The van der Waals surface area contributed by atoms with Crippen molar-refractivity contribution in [3.05, 3.63) is 34.2 Å². The van der Waals surface area contributed by atoms with E-state index in [-0.39, 0.29) is 11.9 Å². The number of esters is 1. The summed E-state index contributed by atoms with van der Waals surface area (Å²) in [7, 11) is 0. The minimum Gasteiger partial charge on any atom is -0.462 e. The summed E-state index contributed by atoms with van der Waals surface area (Å²) < 4.78 is 10.9. The lowest BCUT2D eigenvalue weighted by molar-refractivity contribution is 0.0523. The van der Waals surface area contributed by atoms with Crippen molar-refractivity contribution in [3.8, 4) is 0 Å². The zero-order valence-electron chi connectivity index (χ0n) is 17.5. The Hall–Kier alpha value is -1.72. The number of ether oxygens (including phenoxy) is 2. The summed E-state index contributed by atoms with van der Waals surface area (Å²) in [5.74, 6) is 0.0895. The van der Waals surface area contributed by atoms with Crippen LogP contribution in [0.4, 0.5) is 0 Å². The van der Waals surface area contributed by atoms with Crippen LogP contribution < -0.4 is 0 Å². The van der Waals surface area contributed by atoms with Gasteiger partial charge in [0.05, 0.1) is 37.2 Å². The molecule has 1 atom stereocenters. The Morgan fingerprint density at radius 1 is 1.30 bits per heavy atom. The molecule has 2 heterocycles. The summed E-state index contributed by atoms with van der Waals surface area (Å²) in [6.07, 6.45) is 2.74. The molecule has 2 rings (SSSR count). The summed E-state index contributed by atoms with van der Waals surface area (Å²) in [6.45, 7) is 13.3. The first-order chi connectivity index (χ1) is 12.8. The molecule has 150 valence electrons. The molecule has 1 N–H and O–H groups in total. The third kappa shape index (κ3) is 4.96. The third-order valence-corrected chi connectivity index (χ3v) is 4.67. The smallest absolute Gasteiger partial charge is 0.340 e. The summed E-state index contributed by atoms with van der Waals surface area (Å²) >= 11 is 0. The van der Waals surface area contributed by atoms with Gasteiger partial charge in [-0.1, -0.05) is 33.8 Å². The van der Waals surface area contributed by atoms with E-state index in [1.807, 2.05) is 19.9 Å². The van der Waals surface area contributed by atoms with Crippen LogP contribution in [0.2, 0.25) is 0 Å². The van der Waals surface area contributed by atoms with Crippen LogP contribution in [0.5, 0.6) is 0 Å². The molecule has 0 saturated heterocycles. The van der Waals surface area contributed by atoms with Crippen molar-refractivity contribution < 1.29 is 19.4 Å². The highest BCUT2D eigenvalue weighted by Crippen LogP contribution is 2.37. The van der Waals surface area contributed by atoms with Gasteiger partial charge in [0.15, 0.2) is 0 Å². The Kier molecular flexibility index (Phi) is 7.57. The zero-order valence-corrected chi connectivity index (χ0v) is 17.5. The Balaban J connectivity index is 2.87. The molecule has 0 amide bonds. The van der Waals surface area contributed by atoms with Crippen molar-refractivity contribution in [2.45, 2.75) is 66.4 Å². The quantitative estimate of drug-likeness (QED) is 0.714. The molecule has 1 aliphatic heterocycles. The average molecular weight is 376 g/mol. The Morgan fingerprint density at radius 3 is 2.48 bits per heavy atom. The lowest BCUT2D eigenvalue weighted by Crippen LogP contribution is -2.21. The van der Waals surface area contributed by atoms with Crippen LogP contribution in [0.3, 0.4) is 0 Å². The predicted molar refractivity (Wildman–Crippen MR) is 107 cm³/mol. The van der Waals surface area contributed by atoms with Crippen molar-refractivity contribution >= 4 is 11.5 Å². The van der Waals surface area contributed by atoms with Crippen LogP contribution in [0.15, 0.2) is 6.08 Å². The fourth-order valence-corrected chi connectivity index (χ4v) is 3.58. The molecule has 1 aliphatic rings. The number of rotatable bonds is 7. The minimum atomic E-state index is -0.723. The number of aromatic nitrogens is 1. The Bertz CT molecular complexity index is 705. The van der Waals surface area contributed by atoms with Gasteiger partial charge in [-0.25, -0.2) is 4.79 Å². The second kappa shape index (κ2) is 9.47. The standard InChI is InChI=1S/C22H33NO4/c1-7-27-22(25)20-19(16-8-10-26-11-9-16)18(15(6)24)17(12-13(2)3)23-21(20)14(4)5/h8,13-15,24H,7,9-12H2,1-6H3. The molecule has 1 aromatic heterocycles. The molecule has 0 aliphatic carbocycles. The molecule has 0 saturated carbocycles. The minimum absolute atomic E-state index is 0.0672. The first-order valence-electron chi connectivity index (χ1n) is 9.96. The first kappa shape index (κ1) is 21.6. The van der Waals surface area contributed by atoms with Gasteiger partial charge in [0.2, 0.25) is 0 Å². The molecular weight excluding hydrogens is 342 g/mol. The van der Waals surface area contributed by atoms with Gasteiger partial charge in [0.25, 0.3) is 0 Å². The number of hydrogen-bond acceptors (Lipinski definition) is 5. The van der Waals surface area contributed by atoms with Crippen molar-refractivity contribution in [2.75, 3.05) is 19.8 Å². The van der Waals surface area contributed by atoms with Gasteiger partial charge in [-0.15, -0.1) is 0 Å². The van der Waals surface area contributed by atoms with Gasteiger partial charge in [-0.05, 0) is 44.1 Å². The van der Waals surface area contributed by atoms with E-state index in [0.717, 1.165) is 34.5 Å². The summed E-state index contributed by atoms with van der Waals surface area (Å²) in [5, 5.41) is 10.6. The number of pyridine rings is 1. The van der Waals surface area contributed by atoms with Crippen molar-refractivity contribution in [1.82, 2.24) is 4.98 Å². The molecule has 0 aromatic carbocycles. The molecule has 5 heteroatoms. The number of aliphatic hydroxyl groups excluding tert-OH is 1. The van der Waals surface area contributed by atoms with Gasteiger partial charge in [-0.2, -0.15) is 0 Å². The van der Waals surface area contributed by atoms with E-state index in [0.29, 0.717) is 37.7 Å². The number of nitrogens with zero attached hydrogens (tertiary/aromatic N) is 1. The number of carbonyl (C=O) groups is 1. The molecule has 0 bridgehead atoms. The Morgan fingerprint density at radius 2 is 2.00 bits per heavy atom. The van der Waals surface area contributed by atoms with Crippen LogP contribution in [0.1, 0.15) is 92.9 Å². The maximum atomic E-state index is 12.9. The molecule has 0 fully saturated rings.